The smallest absolute Gasteiger partial charge is 0.308 e. The van der Waals surface area contributed by atoms with Gasteiger partial charge in [0.1, 0.15) is 15.5 Å². The highest BCUT2D eigenvalue weighted by Crippen LogP contribution is 2.69. The van der Waals surface area contributed by atoms with Crippen LogP contribution in [0.2, 0.25) is 0 Å². The van der Waals surface area contributed by atoms with E-state index in [9.17, 15) is 19.2 Å². The molecule has 7 nitrogen and oxygen atoms in total. The number of Topliss-reactive ketones (excluding diaryl/α,β-unsaturated/α-hetero) is 1. The van der Waals surface area contributed by atoms with E-state index in [1.807, 2.05) is 48.5 Å². The van der Waals surface area contributed by atoms with E-state index in [2.05, 4.69) is 0 Å². The molecule has 0 aromatic heterocycles. The summed E-state index contributed by atoms with van der Waals surface area (Å²) in [7, 11) is 1.52. The monoisotopic (exact) mass is 563 g/mol. The van der Waals surface area contributed by atoms with Crippen molar-refractivity contribution in [1.29, 1.82) is 0 Å². The Morgan fingerprint density at radius 2 is 1.26 bits per heavy atom. The molecule has 4 aliphatic rings. The van der Waals surface area contributed by atoms with Gasteiger partial charge >= 0.3 is 5.97 Å². The van der Waals surface area contributed by atoms with Crippen molar-refractivity contribution in [3.8, 4) is 5.75 Å². The standard InChI is InChI=1S/C30H23Cl2NO6/c1-38-18-12-10-17(11-13-18)23(34)16-39-24(35)14-15-33-27(36)25-26(28(33)37)30(32)20-7-3-2-6-19(20)29(25,31)21-8-4-5-9-22(21)30/h2-13,25-26H,14-16H2,1H3/t25-,26+,29?,30?. The van der Waals surface area contributed by atoms with Gasteiger partial charge in [0, 0.05) is 12.1 Å². The van der Waals surface area contributed by atoms with Gasteiger partial charge in [-0.05, 0) is 46.5 Å². The van der Waals surface area contributed by atoms with Gasteiger partial charge < -0.3 is 9.47 Å². The second kappa shape index (κ2) is 9.21. The van der Waals surface area contributed by atoms with Crippen LogP contribution in [0.3, 0.4) is 0 Å². The lowest BCUT2D eigenvalue weighted by Gasteiger charge is -2.54. The molecular weight excluding hydrogens is 541 g/mol. The zero-order chi connectivity index (χ0) is 27.5. The SMILES string of the molecule is COc1ccc(C(=O)COC(=O)CCN2C(=O)[C@@H]3[C@H](C2=O)C2(Cl)c4ccccc4C3(Cl)c3ccccc32)cc1. The van der Waals surface area contributed by atoms with Crippen molar-refractivity contribution in [3.63, 3.8) is 0 Å². The van der Waals surface area contributed by atoms with Crippen molar-refractivity contribution >= 4 is 46.8 Å². The van der Waals surface area contributed by atoms with E-state index >= 15 is 0 Å². The molecule has 0 unspecified atom stereocenters. The van der Waals surface area contributed by atoms with Gasteiger partial charge in [-0.15, -0.1) is 23.2 Å². The van der Waals surface area contributed by atoms with Crippen LogP contribution < -0.4 is 4.74 Å². The van der Waals surface area contributed by atoms with Gasteiger partial charge in [0.05, 0.1) is 25.4 Å². The second-order valence-corrected chi connectivity index (χ2v) is 11.1. The van der Waals surface area contributed by atoms with Gasteiger partial charge in [0.25, 0.3) is 0 Å². The third-order valence-electron chi connectivity index (χ3n) is 7.99. The third kappa shape index (κ3) is 3.56. The molecular formula is C30H23Cl2NO6. The first-order chi connectivity index (χ1) is 18.7. The predicted octanol–water partition coefficient (Wildman–Crippen LogP) is 4.40. The third-order valence-corrected chi connectivity index (χ3v) is 9.28. The van der Waals surface area contributed by atoms with E-state index in [1.54, 1.807) is 24.3 Å². The summed E-state index contributed by atoms with van der Waals surface area (Å²) >= 11 is 14.8. The highest BCUT2D eigenvalue weighted by Gasteiger charge is 2.72. The lowest BCUT2D eigenvalue weighted by Crippen LogP contribution is -2.57. The van der Waals surface area contributed by atoms with Crippen molar-refractivity contribution in [2.75, 3.05) is 20.3 Å². The number of ether oxygens (including phenoxy) is 2. The van der Waals surface area contributed by atoms with Crippen LogP contribution in [0, 0.1) is 11.8 Å². The number of nitrogens with zero attached hydrogens (tertiary/aromatic N) is 1. The molecule has 3 aromatic rings. The lowest BCUT2D eigenvalue weighted by molar-refractivity contribution is -0.145. The Morgan fingerprint density at radius 3 is 1.69 bits per heavy atom. The molecule has 3 aromatic carbocycles. The summed E-state index contributed by atoms with van der Waals surface area (Å²) in [4.78, 5) is 50.9. The molecule has 0 radical (unpaired) electrons. The second-order valence-electron chi connectivity index (χ2n) is 9.86. The molecule has 1 fully saturated rings. The summed E-state index contributed by atoms with van der Waals surface area (Å²) in [6.45, 7) is -0.661. The Balaban J connectivity index is 1.21. The van der Waals surface area contributed by atoms with Gasteiger partial charge in [-0.2, -0.15) is 0 Å². The molecule has 2 amide bonds. The van der Waals surface area contributed by atoms with Gasteiger partial charge in [-0.25, -0.2) is 0 Å². The minimum atomic E-state index is -1.28. The summed E-state index contributed by atoms with van der Waals surface area (Å²) in [5.41, 5.74) is 3.20. The van der Waals surface area contributed by atoms with Crippen LogP contribution in [0.5, 0.6) is 5.75 Å². The fourth-order valence-corrected chi connectivity index (χ4v) is 7.32. The average molecular weight is 564 g/mol. The van der Waals surface area contributed by atoms with Gasteiger partial charge in [0.15, 0.2) is 12.4 Å². The molecule has 1 saturated heterocycles. The van der Waals surface area contributed by atoms with Crippen LogP contribution >= 0.6 is 23.2 Å². The molecule has 2 bridgehead atoms. The minimum absolute atomic E-state index is 0.202. The number of alkyl halides is 2. The summed E-state index contributed by atoms with van der Waals surface area (Å²) in [6, 6.07) is 21.2. The lowest BCUT2D eigenvalue weighted by atomic mass is 9.54. The van der Waals surface area contributed by atoms with Crippen molar-refractivity contribution < 1.29 is 28.7 Å². The number of amides is 2. The summed E-state index contributed by atoms with van der Waals surface area (Å²) in [5, 5.41) is 0. The fraction of sp³-hybridized carbons (Fsp3) is 0.267. The minimum Gasteiger partial charge on any atom is -0.497 e. The first-order valence-electron chi connectivity index (χ1n) is 12.5. The van der Waals surface area contributed by atoms with E-state index in [0.29, 0.717) is 33.6 Å². The molecule has 39 heavy (non-hydrogen) atoms. The Kier molecular flexibility index (Phi) is 6.04. The quantitative estimate of drug-likeness (QED) is 0.183. The molecule has 1 aliphatic heterocycles. The zero-order valence-corrected chi connectivity index (χ0v) is 22.4. The summed E-state index contributed by atoms with van der Waals surface area (Å²) in [6.07, 6.45) is -0.267. The van der Waals surface area contributed by atoms with E-state index < -0.39 is 46.0 Å². The summed E-state index contributed by atoms with van der Waals surface area (Å²) in [5.74, 6) is -3.30. The Bertz CT molecular complexity index is 1410. The van der Waals surface area contributed by atoms with Crippen molar-refractivity contribution in [2.24, 2.45) is 11.8 Å². The van der Waals surface area contributed by atoms with Gasteiger partial charge in [0.2, 0.25) is 11.8 Å². The van der Waals surface area contributed by atoms with E-state index in [-0.39, 0.29) is 18.7 Å². The first kappa shape index (κ1) is 25.6. The maximum Gasteiger partial charge on any atom is 0.308 e. The maximum absolute atomic E-state index is 13.8. The normalized spacial score (nSPS) is 26.1. The van der Waals surface area contributed by atoms with Crippen LogP contribution in [-0.4, -0.2) is 48.7 Å². The highest BCUT2D eigenvalue weighted by atomic mass is 35.5. The van der Waals surface area contributed by atoms with E-state index in [1.165, 1.54) is 7.11 Å². The number of esters is 1. The fourth-order valence-electron chi connectivity index (χ4n) is 6.23. The molecule has 3 aliphatic carbocycles. The molecule has 2 atom stereocenters. The molecule has 0 N–H and O–H groups in total. The molecule has 0 saturated carbocycles. The van der Waals surface area contributed by atoms with Crippen molar-refractivity contribution in [1.82, 2.24) is 4.90 Å². The molecule has 1 heterocycles. The van der Waals surface area contributed by atoms with Crippen LogP contribution in [0.15, 0.2) is 72.8 Å². The molecule has 198 valence electrons. The highest BCUT2D eigenvalue weighted by molar-refractivity contribution is 6.36. The Hall–Kier alpha value is -3.68. The number of likely N-dealkylation sites (tertiary alicyclic amines) is 1. The van der Waals surface area contributed by atoms with Crippen molar-refractivity contribution in [3.05, 3.63) is 101 Å². The van der Waals surface area contributed by atoms with Crippen LogP contribution in [-0.2, 0) is 28.9 Å². The molecule has 7 rings (SSSR count). The van der Waals surface area contributed by atoms with Crippen molar-refractivity contribution in [2.45, 2.75) is 16.2 Å². The summed E-state index contributed by atoms with van der Waals surface area (Å²) < 4.78 is 10.2. The van der Waals surface area contributed by atoms with E-state index in [4.69, 9.17) is 32.7 Å². The average Bonchev–Trinajstić information content (AvgIpc) is 3.23. The number of halogens is 2. The Labute approximate surface area is 234 Å². The molecule has 9 heteroatoms. The number of rotatable bonds is 7. The maximum atomic E-state index is 13.8. The van der Waals surface area contributed by atoms with E-state index in [0.717, 1.165) is 4.90 Å². The zero-order valence-electron chi connectivity index (χ0n) is 20.9. The largest absolute Gasteiger partial charge is 0.497 e. The number of hydrogen-bond donors (Lipinski definition) is 0. The number of methoxy groups -OCH3 is 1. The van der Waals surface area contributed by atoms with Crippen LogP contribution in [0.25, 0.3) is 0 Å². The number of carbonyl (C=O) groups is 4. The first-order valence-corrected chi connectivity index (χ1v) is 13.2. The predicted molar refractivity (Wildman–Crippen MR) is 143 cm³/mol. The number of hydrogen-bond acceptors (Lipinski definition) is 6. The van der Waals surface area contributed by atoms with Gasteiger partial charge in [-0.1, -0.05) is 48.5 Å². The molecule has 0 spiro atoms. The number of imide groups is 1. The number of carbonyl (C=O) groups excluding carboxylic acids is 4. The van der Waals surface area contributed by atoms with Crippen LogP contribution in [0.1, 0.15) is 39.0 Å². The van der Waals surface area contributed by atoms with Crippen LogP contribution in [0.4, 0.5) is 0 Å². The number of benzene rings is 3. The topological polar surface area (TPSA) is 90.0 Å². The van der Waals surface area contributed by atoms with Gasteiger partial charge in [-0.3, -0.25) is 24.1 Å². The Morgan fingerprint density at radius 1 is 0.795 bits per heavy atom. The number of ketones is 1.